The van der Waals surface area contributed by atoms with Gasteiger partial charge in [0.2, 0.25) is 0 Å². The quantitative estimate of drug-likeness (QED) is 0.854. The molecular formula is C18H20ClNO2. The molecule has 1 amide bonds. The molecular weight excluding hydrogens is 298 g/mol. The van der Waals surface area contributed by atoms with Crippen molar-refractivity contribution in [1.82, 2.24) is 0 Å². The van der Waals surface area contributed by atoms with Crippen LogP contribution in [0.4, 0.5) is 5.69 Å². The molecule has 3 nitrogen and oxygen atoms in total. The Kier molecular flexibility index (Phi) is 5.45. The third-order valence-electron chi connectivity index (χ3n) is 3.35. The fraction of sp³-hybridized carbons (Fsp3) is 0.278. The number of hydrogen-bond acceptors (Lipinski definition) is 2. The van der Waals surface area contributed by atoms with Crippen molar-refractivity contribution in [3.63, 3.8) is 0 Å². The summed E-state index contributed by atoms with van der Waals surface area (Å²) in [6.07, 6.45) is -0.635. The van der Waals surface area contributed by atoms with Gasteiger partial charge >= 0.3 is 0 Å². The molecule has 0 aliphatic heterocycles. The number of rotatable bonds is 5. The first-order valence-corrected chi connectivity index (χ1v) is 7.67. The normalized spacial score (nSPS) is 12.0. The molecule has 0 aliphatic rings. The summed E-state index contributed by atoms with van der Waals surface area (Å²) < 4.78 is 5.60. The molecule has 0 fully saturated rings. The summed E-state index contributed by atoms with van der Waals surface area (Å²) in [7, 11) is 0. The molecule has 2 aromatic carbocycles. The van der Waals surface area contributed by atoms with Gasteiger partial charge in [-0.3, -0.25) is 4.79 Å². The second-order valence-corrected chi connectivity index (χ2v) is 5.86. The van der Waals surface area contributed by atoms with Crippen LogP contribution >= 0.6 is 11.6 Å². The van der Waals surface area contributed by atoms with Gasteiger partial charge in [-0.15, -0.1) is 0 Å². The van der Waals surface area contributed by atoms with Gasteiger partial charge < -0.3 is 10.1 Å². The number of amides is 1. The summed E-state index contributed by atoms with van der Waals surface area (Å²) in [5.74, 6) is 0.756. The monoisotopic (exact) mass is 317 g/mol. The molecule has 0 bridgehead atoms. The van der Waals surface area contributed by atoms with E-state index >= 15 is 0 Å². The van der Waals surface area contributed by atoms with Gasteiger partial charge in [0.25, 0.3) is 5.91 Å². The maximum Gasteiger partial charge on any atom is 0.265 e. The SMILES string of the molecule is CC(C)c1ccc(NC(=O)[C@H](C)Oc2ccccc2Cl)cc1. The van der Waals surface area contributed by atoms with Crippen LogP contribution in [0, 0.1) is 0 Å². The fourth-order valence-electron chi connectivity index (χ4n) is 1.98. The van der Waals surface area contributed by atoms with Gasteiger partial charge in [-0.05, 0) is 42.7 Å². The van der Waals surface area contributed by atoms with Crippen LogP contribution in [-0.4, -0.2) is 12.0 Å². The molecule has 2 aromatic rings. The summed E-state index contributed by atoms with van der Waals surface area (Å²) in [4.78, 5) is 12.2. The van der Waals surface area contributed by atoms with Crippen LogP contribution in [-0.2, 0) is 4.79 Å². The van der Waals surface area contributed by atoms with E-state index < -0.39 is 6.10 Å². The Morgan fingerprint density at radius 3 is 2.27 bits per heavy atom. The molecule has 2 rings (SSSR count). The molecule has 0 spiro atoms. The van der Waals surface area contributed by atoms with Gasteiger partial charge in [0.15, 0.2) is 6.10 Å². The van der Waals surface area contributed by atoms with Crippen molar-refractivity contribution in [3.05, 3.63) is 59.1 Å². The van der Waals surface area contributed by atoms with Gasteiger partial charge in [0.1, 0.15) is 5.75 Å². The van der Waals surface area contributed by atoms with E-state index in [4.69, 9.17) is 16.3 Å². The van der Waals surface area contributed by atoms with Crippen molar-refractivity contribution < 1.29 is 9.53 Å². The molecule has 0 heterocycles. The van der Waals surface area contributed by atoms with Crippen LogP contribution in [0.3, 0.4) is 0 Å². The van der Waals surface area contributed by atoms with Crippen LogP contribution < -0.4 is 10.1 Å². The van der Waals surface area contributed by atoms with Gasteiger partial charge in [0.05, 0.1) is 5.02 Å². The standard InChI is InChI=1S/C18H20ClNO2/c1-12(2)14-8-10-15(11-9-14)20-18(21)13(3)22-17-7-5-4-6-16(17)19/h4-13H,1-3H3,(H,20,21)/t13-/m0/s1. The highest BCUT2D eigenvalue weighted by Crippen LogP contribution is 2.24. The number of halogens is 1. The fourth-order valence-corrected chi connectivity index (χ4v) is 2.16. The minimum Gasteiger partial charge on any atom is -0.479 e. The molecule has 0 aromatic heterocycles. The number of carbonyl (C=O) groups is 1. The lowest BCUT2D eigenvalue weighted by Crippen LogP contribution is -2.30. The summed E-state index contributed by atoms with van der Waals surface area (Å²) >= 11 is 6.02. The van der Waals surface area contributed by atoms with Gasteiger partial charge in [-0.2, -0.15) is 0 Å². The minimum atomic E-state index is -0.635. The van der Waals surface area contributed by atoms with Crippen molar-refractivity contribution in [2.24, 2.45) is 0 Å². The van der Waals surface area contributed by atoms with E-state index in [1.54, 1.807) is 19.1 Å². The Balaban J connectivity index is 1.98. The number of para-hydroxylation sites is 1. The van der Waals surface area contributed by atoms with Crippen LogP contribution in [0.2, 0.25) is 5.02 Å². The molecule has 22 heavy (non-hydrogen) atoms. The highest BCUT2D eigenvalue weighted by molar-refractivity contribution is 6.32. The molecule has 0 saturated carbocycles. The second-order valence-electron chi connectivity index (χ2n) is 5.46. The van der Waals surface area contributed by atoms with Crippen molar-refractivity contribution in [2.75, 3.05) is 5.32 Å². The molecule has 1 N–H and O–H groups in total. The Morgan fingerprint density at radius 1 is 1.05 bits per heavy atom. The number of nitrogens with one attached hydrogen (secondary N) is 1. The summed E-state index contributed by atoms with van der Waals surface area (Å²) in [5.41, 5.74) is 1.99. The molecule has 4 heteroatoms. The van der Waals surface area contributed by atoms with E-state index in [-0.39, 0.29) is 5.91 Å². The molecule has 0 aliphatic carbocycles. The Labute approximate surface area is 136 Å². The van der Waals surface area contributed by atoms with E-state index in [2.05, 4.69) is 19.2 Å². The lowest BCUT2D eigenvalue weighted by atomic mass is 10.0. The van der Waals surface area contributed by atoms with Crippen LogP contribution in [0.15, 0.2) is 48.5 Å². The first-order chi connectivity index (χ1) is 10.5. The first kappa shape index (κ1) is 16.4. The van der Waals surface area contributed by atoms with Gasteiger partial charge in [-0.1, -0.05) is 49.7 Å². The highest BCUT2D eigenvalue weighted by atomic mass is 35.5. The van der Waals surface area contributed by atoms with Crippen molar-refractivity contribution in [3.8, 4) is 5.75 Å². The zero-order valence-corrected chi connectivity index (χ0v) is 13.7. The maximum absolute atomic E-state index is 12.2. The van der Waals surface area contributed by atoms with Gasteiger partial charge in [-0.25, -0.2) is 0 Å². The van der Waals surface area contributed by atoms with Crippen LogP contribution in [0.5, 0.6) is 5.75 Å². The molecule has 0 saturated heterocycles. The van der Waals surface area contributed by atoms with Crippen molar-refractivity contribution >= 4 is 23.2 Å². The third-order valence-corrected chi connectivity index (χ3v) is 3.67. The van der Waals surface area contributed by atoms with Crippen molar-refractivity contribution in [2.45, 2.75) is 32.8 Å². The van der Waals surface area contributed by atoms with E-state index in [0.29, 0.717) is 16.7 Å². The van der Waals surface area contributed by atoms with Crippen LogP contribution in [0.1, 0.15) is 32.3 Å². The third kappa shape index (κ3) is 4.25. The zero-order valence-electron chi connectivity index (χ0n) is 13.0. The predicted molar refractivity (Wildman–Crippen MR) is 90.7 cm³/mol. The molecule has 116 valence electrons. The average Bonchev–Trinajstić information content (AvgIpc) is 2.50. The topological polar surface area (TPSA) is 38.3 Å². The smallest absolute Gasteiger partial charge is 0.265 e. The summed E-state index contributed by atoms with van der Waals surface area (Å²) in [5, 5.41) is 3.33. The average molecular weight is 318 g/mol. The van der Waals surface area contributed by atoms with Crippen LogP contribution in [0.25, 0.3) is 0 Å². The Bertz CT molecular complexity index is 638. The van der Waals surface area contributed by atoms with E-state index in [0.717, 1.165) is 5.69 Å². The number of hydrogen-bond donors (Lipinski definition) is 1. The lowest BCUT2D eigenvalue weighted by Gasteiger charge is -2.16. The highest BCUT2D eigenvalue weighted by Gasteiger charge is 2.16. The minimum absolute atomic E-state index is 0.211. The largest absolute Gasteiger partial charge is 0.479 e. The van der Waals surface area contributed by atoms with Crippen molar-refractivity contribution in [1.29, 1.82) is 0 Å². The summed E-state index contributed by atoms with van der Waals surface area (Å²) in [6, 6.07) is 14.9. The van der Waals surface area contributed by atoms with E-state index in [1.165, 1.54) is 5.56 Å². The maximum atomic E-state index is 12.2. The number of benzene rings is 2. The van der Waals surface area contributed by atoms with Gasteiger partial charge in [0, 0.05) is 5.69 Å². The first-order valence-electron chi connectivity index (χ1n) is 7.29. The Morgan fingerprint density at radius 2 is 1.68 bits per heavy atom. The molecule has 0 unspecified atom stereocenters. The number of ether oxygens (including phenoxy) is 1. The Hall–Kier alpha value is -2.00. The molecule has 0 radical (unpaired) electrons. The number of carbonyl (C=O) groups excluding carboxylic acids is 1. The second kappa shape index (κ2) is 7.32. The predicted octanol–water partition coefficient (Wildman–Crippen LogP) is 4.87. The summed E-state index contributed by atoms with van der Waals surface area (Å²) in [6.45, 7) is 5.96. The lowest BCUT2D eigenvalue weighted by molar-refractivity contribution is -0.122. The van der Waals surface area contributed by atoms with E-state index in [1.807, 2.05) is 36.4 Å². The molecule has 1 atom stereocenters. The number of anilines is 1. The zero-order chi connectivity index (χ0) is 16.1. The van der Waals surface area contributed by atoms with E-state index in [9.17, 15) is 4.79 Å².